The largest absolute Gasteiger partial charge is 0.354 e. The highest BCUT2D eigenvalue weighted by Crippen LogP contribution is 2.16. The summed E-state index contributed by atoms with van der Waals surface area (Å²) in [7, 11) is 0. The molecule has 3 heterocycles. The first-order valence-corrected chi connectivity index (χ1v) is 7.04. The quantitative estimate of drug-likeness (QED) is 0.807. The van der Waals surface area contributed by atoms with Crippen LogP contribution in [0.1, 0.15) is 5.69 Å². The van der Waals surface area contributed by atoms with Crippen LogP contribution in [-0.4, -0.2) is 46.0 Å². The number of hydrogen-bond acceptors (Lipinski definition) is 5. The maximum atomic E-state index is 5.90. The van der Waals surface area contributed by atoms with Crippen LogP contribution in [-0.2, 0) is 6.54 Å². The van der Waals surface area contributed by atoms with E-state index in [1.165, 1.54) is 6.33 Å². The van der Waals surface area contributed by atoms with Crippen molar-refractivity contribution in [1.82, 2.24) is 19.9 Å². The Bertz CT molecular complexity index is 555. The van der Waals surface area contributed by atoms with Crippen molar-refractivity contribution in [3.63, 3.8) is 0 Å². The summed E-state index contributed by atoms with van der Waals surface area (Å²) in [6.45, 7) is 4.79. The first kappa shape index (κ1) is 13.3. The van der Waals surface area contributed by atoms with Crippen LogP contribution in [0, 0.1) is 0 Å². The minimum absolute atomic E-state index is 0.492. The molecule has 0 aromatic carbocycles. The van der Waals surface area contributed by atoms with Crippen LogP contribution in [0.4, 0.5) is 5.82 Å². The van der Waals surface area contributed by atoms with Crippen molar-refractivity contribution in [3.05, 3.63) is 47.6 Å². The van der Waals surface area contributed by atoms with E-state index in [-0.39, 0.29) is 0 Å². The van der Waals surface area contributed by atoms with Gasteiger partial charge in [0.1, 0.15) is 17.3 Å². The smallest absolute Gasteiger partial charge is 0.134 e. The highest BCUT2D eigenvalue weighted by molar-refractivity contribution is 6.29. The first-order chi connectivity index (χ1) is 9.81. The van der Waals surface area contributed by atoms with E-state index < -0.39 is 0 Å². The molecule has 104 valence electrons. The molecule has 1 saturated heterocycles. The summed E-state index contributed by atoms with van der Waals surface area (Å²) in [5, 5.41) is 0.492. The molecule has 0 amide bonds. The van der Waals surface area contributed by atoms with Gasteiger partial charge in [0.25, 0.3) is 0 Å². The number of nitrogens with zero attached hydrogens (tertiary/aromatic N) is 5. The fourth-order valence-electron chi connectivity index (χ4n) is 2.35. The number of anilines is 1. The molecule has 5 nitrogen and oxygen atoms in total. The van der Waals surface area contributed by atoms with Gasteiger partial charge in [0.2, 0.25) is 0 Å². The maximum Gasteiger partial charge on any atom is 0.134 e. The number of rotatable bonds is 3. The number of aromatic nitrogens is 3. The van der Waals surface area contributed by atoms with Crippen molar-refractivity contribution in [1.29, 1.82) is 0 Å². The van der Waals surface area contributed by atoms with Crippen molar-refractivity contribution >= 4 is 17.4 Å². The van der Waals surface area contributed by atoms with Crippen LogP contribution in [0.2, 0.25) is 5.15 Å². The molecule has 1 fully saturated rings. The van der Waals surface area contributed by atoms with Gasteiger partial charge in [-0.05, 0) is 12.1 Å². The molecule has 0 radical (unpaired) electrons. The Morgan fingerprint density at radius 3 is 2.60 bits per heavy atom. The fraction of sp³-hybridized carbons (Fsp3) is 0.357. The summed E-state index contributed by atoms with van der Waals surface area (Å²) in [6.07, 6.45) is 3.35. The van der Waals surface area contributed by atoms with E-state index in [9.17, 15) is 0 Å². The molecule has 0 saturated carbocycles. The number of hydrogen-bond donors (Lipinski definition) is 0. The lowest BCUT2D eigenvalue weighted by Crippen LogP contribution is -2.46. The average molecular weight is 290 g/mol. The molecule has 3 rings (SSSR count). The molecule has 6 heteroatoms. The summed E-state index contributed by atoms with van der Waals surface area (Å²) >= 11 is 5.90. The first-order valence-electron chi connectivity index (χ1n) is 6.66. The van der Waals surface area contributed by atoms with Gasteiger partial charge in [0.15, 0.2) is 0 Å². The predicted octanol–water partition coefficient (Wildman–Crippen LogP) is 1.85. The summed E-state index contributed by atoms with van der Waals surface area (Å²) in [6, 6.07) is 7.86. The Kier molecular flexibility index (Phi) is 4.08. The van der Waals surface area contributed by atoms with E-state index in [1.807, 2.05) is 24.4 Å². The van der Waals surface area contributed by atoms with Gasteiger partial charge in [-0.15, -0.1) is 0 Å². The van der Waals surface area contributed by atoms with E-state index in [0.29, 0.717) is 5.15 Å². The number of halogens is 1. The molecule has 0 aliphatic carbocycles. The van der Waals surface area contributed by atoms with Crippen molar-refractivity contribution in [2.45, 2.75) is 6.54 Å². The molecule has 2 aromatic heterocycles. The topological polar surface area (TPSA) is 45.2 Å². The van der Waals surface area contributed by atoms with Crippen LogP contribution in [0.3, 0.4) is 0 Å². The van der Waals surface area contributed by atoms with Gasteiger partial charge in [0, 0.05) is 45.0 Å². The van der Waals surface area contributed by atoms with E-state index >= 15 is 0 Å². The third-order valence-corrected chi connectivity index (χ3v) is 3.63. The molecule has 20 heavy (non-hydrogen) atoms. The molecule has 0 bridgehead atoms. The Hall–Kier alpha value is -1.72. The molecule has 2 aromatic rings. The third kappa shape index (κ3) is 3.23. The minimum atomic E-state index is 0.492. The second-order valence-electron chi connectivity index (χ2n) is 4.78. The zero-order valence-corrected chi connectivity index (χ0v) is 11.9. The lowest BCUT2D eigenvalue weighted by molar-refractivity contribution is 0.246. The zero-order chi connectivity index (χ0) is 13.8. The van der Waals surface area contributed by atoms with Gasteiger partial charge >= 0.3 is 0 Å². The lowest BCUT2D eigenvalue weighted by atomic mass is 10.2. The number of pyridine rings is 1. The van der Waals surface area contributed by atoms with Crippen LogP contribution in [0.5, 0.6) is 0 Å². The second kappa shape index (κ2) is 6.15. The van der Waals surface area contributed by atoms with Crippen LogP contribution < -0.4 is 4.90 Å². The van der Waals surface area contributed by atoms with E-state index in [1.54, 1.807) is 0 Å². The molecule has 0 spiro atoms. The monoisotopic (exact) mass is 289 g/mol. The van der Waals surface area contributed by atoms with Gasteiger partial charge in [-0.2, -0.15) is 0 Å². The van der Waals surface area contributed by atoms with E-state index in [0.717, 1.165) is 44.2 Å². The molecule has 0 atom stereocenters. The molecular formula is C14H16ClN5. The molecular weight excluding hydrogens is 274 g/mol. The maximum absolute atomic E-state index is 5.90. The lowest BCUT2D eigenvalue weighted by Gasteiger charge is -2.35. The number of piperazine rings is 1. The Balaban J connectivity index is 1.57. The molecule has 0 N–H and O–H groups in total. The van der Waals surface area contributed by atoms with Gasteiger partial charge in [0.05, 0.1) is 5.69 Å². The van der Waals surface area contributed by atoms with Crippen LogP contribution in [0.25, 0.3) is 0 Å². The molecule has 1 aliphatic rings. The second-order valence-corrected chi connectivity index (χ2v) is 5.17. The predicted molar refractivity (Wildman–Crippen MR) is 78.8 cm³/mol. The van der Waals surface area contributed by atoms with Crippen LogP contribution in [0.15, 0.2) is 36.8 Å². The summed E-state index contributed by atoms with van der Waals surface area (Å²) in [5.41, 5.74) is 1.12. The Morgan fingerprint density at radius 1 is 1.05 bits per heavy atom. The van der Waals surface area contributed by atoms with Gasteiger partial charge < -0.3 is 4.90 Å². The van der Waals surface area contributed by atoms with Gasteiger partial charge in [-0.3, -0.25) is 9.88 Å². The highest BCUT2D eigenvalue weighted by Gasteiger charge is 2.18. The Morgan fingerprint density at radius 2 is 1.90 bits per heavy atom. The van der Waals surface area contributed by atoms with Crippen molar-refractivity contribution in [3.8, 4) is 0 Å². The van der Waals surface area contributed by atoms with E-state index in [4.69, 9.17) is 11.6 Å². The fourth-order valence-corrected chi connectivity index (χ4v) is 2.49. The third-order valence-electron chi connectivity index (χ3n) is 3.43. The summed E-state index contributed by atoms with van der Waals surface area (Å²) in [5.74, 6) is 0.905. The molecule has 0 unspecified atom stereocenters. The van der Waals surface area contributed by atoms with E-state index in [2.05, 4.69) is 30.8 Å². The summed E-state index contributed by atoms with van der Waals surface area (Å²) < 4.78 is 0. The summed E-state index contributed by atoms with van der Waals surface area (Å²) in [4.78, 5) is 17.2. The minimum Gasteiger partial charge on any atom is -0.354 e. The zero-order valence-electron chi connectivity index (χ0n) is 11.1. The standard InChI is InChI=1S/C14H16ClN5/c15-13-9-14(18-11-17-13)20-7-5-19(6-8-20)10-12-3-1-2-4-16-12/h1-4,9,11H,5-8,10H2. The molecule has 1 aliphatic heterocycles. The van der Waals surface area contributed by atoms with Crippen molar-refractivity contribution < 1.29 is 0 Å². The van der Waals surface area contributed by atoms with Gasteiger partial charge in [-0.25, -0.2) is 9.97 Å². The normalized spacial score (nSPS) is 16.4. The van der Waals surface area contributed by atoms with Crippen molar-refractivity contribution in [2.24, 2.45) is 0 Å². The highest BCUT2D eigenvalue weighted by atomic mass is 35.5. The SMILES string of the molecule is Clc1cc(N2CCN(Cc3ccccn3)CC2)ncn1. The van der Waals surface area contributed by atoms with Gasteiger partial charge in [-0.1, -0.05) is 17.7 Å². The van der Waals surface area contributed by atoms with Crippen LogP contribution >= 0.6 is 11.6 Å². The Labute approximate surface area is 123 Å². The average Bonchev–Trinajstić information content (AvgIpc) is 2.49. The van der Waals surface area contributed by atoms with Crippen molar-refractivity contribution in [2.75, 3.05) is 31.1 Å².